The molecule has 0 radical (unpaired) electrons. The van der Waals surface area contributed by atoms with E-state index in [1.165, 1.54) is 0 Å². The summed E-state index contributed by atoms with van der Waals surface area (Å²) in [4.78, 5) is 12.3. The van der Waals surface area contributed by atoms with Crippen molar-refractivity contribution in [3.63, 3.8) is 0 Å². The number of allylic oxidation sites excluding steroid dienone is 1. The van der Waals surface area contributed by atoms with Crippen molar-refractivity contribution in [2.45, 2.75) is 20.8 Å². The Labute approximate surface area is 130 Å². The van der Waals surface area contributed by atoms with Gasteiger partial charge in [-0.1, -0.05) is 35.9 Å². The fraction of sp³-hybridized carbons (Fsp3) is 0.211. The number of hydrogen-bond donors (Lipinski definition) is 1. The maximum absolute atomic E-state index is 12.3. The molecule has 0 atom stereocenters. The zero-order valence-electron chi connectivity index (χ0n) is 13.1. The smallest absolute Gasteiger partial charge is 0.186 e. The van der Waals surface area contributed by atoms with Crippen LogP contribution in [-0.2, 0) is 0 Å². The van der Waals surface area contributed by atoms with E-state index in [9.17, 15) is 9.90 Å². The molecule has 0 aliphatic carbocycles. The van der Waals surface area contributed by atoms with E-state index in [0.717, 1.165) is 16.7 Å². The van der Waals surface area contributed by atoms with Crippen molar-refractivity contribution in [1.29, 1.82) is 0 Å². The minimum Gasteiger partial charge on any atom is -0.504 e. The number of carbonyl (C=O) groups is 1. The van der Waals surface area contributed by atoms with Gasteiger partial charge >= 0.3 is 0 Å². The van der Waals surface area contributed by atoms with Crippen LogP contribution in [0, 0.1) is 13.8 Å². The Morgan fingerprint density at radius 1 is 1.18 bits per heavy atom. The lowest BCUT2D eigenvalue weighted by atomic mass is 10.0. The summed E-state index contributed by atoms with van der Waals surface area (Å²) >= 11 is 0. The third kappa shape index (κ3) is 3.76. The molecule has 0 spiro atoms. The number of hydrogen-bond acceptors (Lipinski definition) is 3. The highest BCUT2D eigenvalue weighted by atomic mass is 16.5. The lowest BCUT2D eigenvalue weighted by molar-refractivity contribution is 0.104. The second-order valence-electron chi connectivity index (χ2n) is 5.18. The van der Waals surface area contributed by atoms with Crippen molar-refractivity contribution in [1.82, 2.24) is 0 Å². The second-order valence-corrected chi connectivity index (χ2v) is 5.18. The van der Waals surface area contributed by atoms with Crippen LogP contribution >= 0.6 is 0 Å². The van der Waals surface area contributed by atoms with Gasteiger partial charge in [-0.05, 0) is 50.1 Å². The first kappa shape index (κ1) is 15.8. The summed E-state index contributed by atoms with van der Waals surface area (Å²) in [6.45, 7) is 6.26. The highest BCUT2D eigenvalue weighted by Crippen LogP contribution is 2.27. The van der Waals surface area contributed by atoms with Crippen molar-refractivity contribution >= 4 is 11.9 Å². The summed E-state index contributed by atoms with van der Waals surface area (Å²) in [6.07, 6.45) is 3.27. The third-order valence-corrected chi connectivity index (χ3v) is 3.36. The lowest BCUT2D eigenvalue weighted by Crippen LogP contribution is -1.98. The molecule has 0 saturated carbocycles. The van der Waals surface area contributed by atoms with Gasteiger partial charge in [0.25, 0.3) is 0 Å². The van der Waals surface area contributed by atoms with E-state index >= 15 is 0 Å². The molecule has 0 aliphatic rings. The predicted octanol–water partition coefficient (Wildman–Crippen LogP) is 4.30. The lowest BCUT2D eigenvalue weighted by Gasteiger charge is -2.06. The summed E-state index contributed by atoms with van der Waals surface area (Å²) in [7, 11) is 0. The van der Waals surface area contributed by atoms with Crippen LogP contribution in [0.4, 0.5) is 0 Å². The number of ketones is 1. The third-order valence-electron chi connectivity index (χ3n) is 3.36. The van der Waals surface area contributed by atoms with Gasteiger partial charge < -0.3 is 9.84 Å². The Bertz CT molecular complexity index is 715. The number of ether oxygens (including phenoxy) is 1. The standard InChI is InChI=1S/C19H20O3/c1-4-22-19-12-15(7-10-18(19)21)6-9-17(20)16-8-5-13(2)11-14(16)3/h5-12,21H,4H2,1-3H3/b9-6+. The summed E-state index contributed by atoms with van der Waals surface area (Å²) in [5.41, 5.74) is 3.61. The molecule has 0 heterocycles. The van der Waals surface area contributed by atoms with Crippen LogP contribution in [0.1, 0.15) is 34.0 Å². The van der Waals surface area contributed by atoms with Gasteiger partial charge in [-0.3, -0.25) is 4.79 Å². The number of benzene rings is 2. The molecule has 2 aromatic carbocycles. The van der Waals surface area contributed by atoms with Gasteiger partial charge in [-0.25, -0.2) is 0 Å². The van der Waals surface area contributed by atoms with Crippen molar-refractivity contribution < 1.29 is 14.6 Å². The van der Waals surface area contributed by atoms with Crippen molar-refractivity contribution in [2.24, 2.45) is 0 Å². The van der Waals surface area contributed by atoms with Gasteiger partial charge in [-0.2, -0.15) is 0 Å². The average molecular weight is 296 g/mol. The van der Waals surface area contributed by atoms with E-state index in [-0.39, 0.29) is 11.5 Å². The summed E-state index contributed by atoms with van der Waals surface area (Å²) in [5, 5.41) is 9.67. The first-order valence-corrected chi connectivity index (χ1v) is 7.26. The summed E-state index contributed by atoms with van der Waals surface area (Å²) in [5.74, 6) is 0.479. The van der Waals surface area contributed by atoms with E-state index in [1.54, 1.807) is 30.4 Å². The molecular weight excluding hydrogens is 276 g/mol. The number of rotatable bonds is 5. The highest BCUT2D eigenvalue weighted by Gasteiger charge is 2.06. The molecule has 0 amide bonds. The van der Waals surface area contributed by atoms with Crippen LogP contribution in [0.5, 0.6) is 11.5 Å². The van der Waals surface area contributed by atoms with Crippen molar-refractivity contribution in [3.05, 3.63) is 64.7 Å². The van der Waals surface area contributed by atoms with Crippen molar-refractivity contribution in [3.8, 4) is 11.5 Å². The van der Waals surface area contributed by atoms with E-state index in [1.807, 2.05) is 39.0 Å². The molecule has 0 saturated heterocycles. The van der Waals surface area contributed by atoms with Gasteiger partial charge in [0.1, 0.15) is 0 Å². The minimum atomic E-state index is -0.0384. The normalized spacial score (nSPS) is 10.9. The van der Waals surface area contributed by atoms with Gasteiger partial charge in [0.15, 0.2) is 17.3 Å². The van der Waals surface area contributed by atoms with Gasteiger partial charge in [0.2, 0.25) is 0 Å². The first-order valence-electron chi connectivity index (χ1n) is 7.26. The molecule has 0 bridgehead atoms. The molecule has 3 heteroatoms. The van der Waals surface area contributed by atoms with E-state index in [0.29, 0.717) is 17.9 Å². The number of aryl methyl sites for hydroxylation is 2. The van der Waals surface area contributed by atoms with E-state index < -0.39 is 0 Å². The maximum Gasteiger partial charge on any atom is 0.186 e. The molecule has 0 aliphatic heterocycles. The van der Waals surface area contributed by atoms with Crippen molar-refractivity contribution in [2.75, 3.05) is 6.61 Å². The van der Waals surface area contributed by atoms with Crippen LogP contribution in [0.3, 0.4) is 0 Å². The van der Waals surface area contributed by atoms with Crippen LogP contribution in [0.15, 0.2) is 42.5 Å². The summed E-state index contributed by atoms with van der Waals surface area (Å²) in [6, 6.07) is 10.8. The fourth-order valence-corrected chi connectivity index (χ4v) is 2.26. The van der Waals surface area contributed by atoms with Gasteiger partial charge in [-0.15, -0.1) is 0 Å². The van der Waals surface area contributed by atoms with E-state index in [4.69, 9.17) is 4.74 Å². The quantitative estimate of drug-likeness (QED) is 0.661. The van der Waals surface area contributed by atoms with Crippen LogP contribution in [-0.4, -0.2) is 17.5 Å². The first-order chi connectivity index (χ1) is 10.5. The Morgan fingerprint density at radius 2 is 1.95 bits per heavy atom. The zero-order chi connectivity index (χ0) is 16.1. The molecule has 22 heavy (non-hydrogen) atoms. The zero-order valence-corrected chi connectivity index (χ0v) is 13.1. The molecule has 3 nitrogen and oxygen atoms in total. The topological polar surface area (TPSA) is 46.5 Å². The number of aromatic hydroxyl groups is 1. The molecule has 1 N–H and O–H groups in total. The Hall–Kier alpha value is -2.55. The molecule has 0 fully saturated rings. The van der Waals surface area contributed by atoms with Gasteiger partial charge in [0.05, 0.1) is 6.61 Å². The number of phenols is 1. The monoisotopic (exact) mass is 296 g/mol. The van der Waals surface area contributed by atoms with Crippen LogP contribution in [0.2, 0.25) is 0 Å². The molecule has 0 aromatic heterocycles. The molecule has 0 unspecified atom stereocenters. The SMILES string of the molecule is CCOc1cc(/C=C/C(=O)c2ccc(C)cc2C)ccc1O. The Kier molecular flexibility index (Phi) is 4.99. The Balaban J connectivity index is 2.20. The highest BCUT2D eigenvalue weighted by molar-refractivity contribution is 6.07. The fourth-order valence-electron chi connectivity index (χ4n) is 2.26. The van der Waals surface area contributed by atoms with Gasteiger partial charge in [0, 0.05) is 5.56 Å². The molecular formula is C19H20O3. The van der Waals surface area contributed by atoms with Crippen LogP contribution in [0.25, 0.3) is 6.08 Å². The van der Waals surface area contributed by atoms with Crippen LogP contribution < -0.4 is 4.74 Å². The average Bonchev–Trinajstić information content (AvgIpc) is 2.48. The minimum absolute atomic E-state index is 0.0384. The molecule has 2 rings (SSSR count). The van der Waals surface area contributed by atoms with E-state index in [2.05, 4.69) is 0 Å². The number of carbonyl (C=O) groups excluding carboxylic acids is 1. The maximum atomic E-state index is 12.3. The summed E-state index contributed by atoms with van der Waals surface area (Å²) < 4.78 is 5.33. The molecule has 2 aromatic rings. The largest absolute Gasteiger partial charge is 0.504 e. The number of phenolic OH excluding ortho intramolecular Hbond substituents is 1. The molecule has 114 valence electrons. The second kappa shape index (κ2) is 6.94. The predicted molar refractivity (Wildman–Crippen MR) is 88.6 cm³/mol. The Morgan fingerprint density at radius 3 is 2.64 bits per heavy atom.